The molecule has 0 saturated carbocycles. The van der Waals surface area contributed by atoms with Crippen molar-refractivity contribution < 1.29 is 22.0 Å². The van der Waals surface area contributed by atoms with Crippen molar-refractivity contribution in [1.29, 1.82) is 0 Å². The summed E-state index contributed by atoms with van der Waals surface area (Å²) in [7, 11) is 2.25. The number of piperidine rings is 1. The summed E-state index contributed by atoms with van der Waals surface area (Å²) >= 11 is 0. The van der Waals surface area contributed by atoms with Gasteiger partial charge in [0.1, 0.15) is 6.54 Å². The van der Waals surface area contributed by atoms with Crippen LogP contribution in [0.5, 0.6) is 0 Å². The van der Waals surface area contributed by atoms with Gasteiger partial charge in [-0.05, 0) is 19.3 Å². The van der Waals surface area contributed by atoms with Gasteiger partial charge in [-0.25, -0.2) is 0 Å². The highest BCUT2D eigenvalue weighted by atomic mass is 35.5. The van der Waals surface area contributed by atoms with Gasteiger partial charge in [0.2, 0.25) is 0 Å². The molecular weight excluding hydrogens is 162 g/mol. The van der Waals surface area contributed by atoms with E-state index < -0.39 is 0 Å². The van der Waals surface area contributed by atoms with Gasteiger partial charge in [-0.2, -0.15) is 0 Å². The van der Waals surface area contributed by atoms with Crippen LogP contribution in [0, 0.1) is 0 Å². The Labute approximate surface area is 75.2 Å². The molecule has 0 aromatic carbocycles. The predicted molar refractivity (Wildman–Crippen MR) is 41.7 cm³/mol. The highest BCUT2D eigenvalue weighted by Gasteiger charge is 2.23. The van der Waals surface area contributed by atoms with E-state index in [0.717, 1.165) is 11.0 Å². The van der Waals surface area contributed by atoms with Crippen LogP contribution in [-0.2, 0) is 0 Å². The minimum Gasteiger partial charge on any atom is -1.00 e. The molecule has 2 nitrogen and oxygen atoms in total. The fraction of sp³-hybridized carbons (Fsp3) is 1.00. The lowest BCUT2D eigenvalue weighted by Gasteiger charge is -2.37. The number of likely N-dealkylation sites (N-methyl/N-ethyl adjacent to an activating group) is 1. The first-order valence-electron chi connectivity index (χ1n) is 4.21. The van der Waals surface area contributed by atoms with Gasteiger partial charge in [-0.15, -0.1) is 0 Å². The van der Waals surface area contributed by atoms with Gasteiger partial charge in [0.15, 0.2) is 0 Å². The monoisotopic (exact) mass is 179 g/mol. The Morgan fingerprint density at radius 1 is 1.18 bits per heavy atom. The third kappa shape index (κ3) is 3.41. The first-order chi connectivity index (χ1) is 4.77. The summed E-state index contributed by atoms with van der Waals surface area (Å²) in [4.78, 5) is 0. The third-order valence-corrected chi connectivity index (χ3v) is 2.54. The Morgan fingerprint density at radius 3 is 2.18 bits per heavy atom. The van der Waals surface area contributed by atoms with E-state index in [0.29, 0.717) is 6.61 Å². The van der Waals surface area contributed by atoms with Gasteiger partial charge in [0.25, 0.3) is 0 Å². The fourth-order valence-electron chi connectivity index (χ4n) is 1.74. The number of hydrogen-bond acceptors (Lipinski definition) is 1. The lowest BCUT2D eigenvalue weighted by atomic mass is 10.1. The number of quaternary nitrogens is 1. The molecule has 11 heavy (non-hydrogen) atoms. The first-order valence-corrected chi connectivity index (χ1v) is 4.21. The number of aliphatic hydroxyl groups is 1. The number of hydrogen-bond donors (Lipinski definition) is 1. The molecular formula is C8H18ClNO. The molecule has 1 aliphatic heterocycles. The summed E-state index contributed by atoms with van der Waals surface area (Å²) in [5.41, 5.74) is 0. The molecule has 1 heterocycles. The maximum Gasteiger partial charge on any atom is 0.102 e. The van der Waals surface area contributed by atoms with Crippen molar-refractivity contribution in [3.8, 4) is 0 Å². The van der Waals surface area contributed by atoms with Crippen molar-refractivity contribution >= 4 is 0 Å². The highest BCUT2D eigenvalue weighted by molar-refractivity contribution is 4.50. The van der Waals surface area contributed by atoms with E-state index in [1.54, 1.807) is 0 Å². The molecule has 1 N–H and O–H groups in total. The van der Waals surface area contributed by atoms with E-state index in [1.165, 1.54) is 32.4 Å². The normalized spacial score (nSPS) is 22.4. The number of rotatable bonds is 2. The van der Waals surface area contributed by atoms with Crippen LogP contribution >= 0.6 is 0 Å². The Hall–Kier alpha value is 0.210. The zero-order valence-electron chi connectivity index (χ0n) is 7.22. The van der Waals surface area contributed by atoms with Gasteiger partial charge in [0, 0.05) is 0 Å². The molecule has 1 aliphatic rings. The molecule has 68 valence electrons. The molecule has 1 saturated heterocycles. The SMILES string of the molecule is C[N+]1(CCO)CCCCC1.[Cl-]. The van der Waals surface area contributed by atoms with Crippen molar-refractivity contribution in [3.63, 3.8) is 0 Å². The summed E-state index contributed by atoms with van der Waals surface area (Å²) in [6, 6.07) is 0. The molecule has 0 aromatic heterocycles. The van der Waals surface area contributed by atoms with Crippen molar-refractivity contribution in [2.45, 2.75) is 19.3 Å². The first kappa shape index (κ1) is 11.2. The average molecular weight is 180 g/mol. The predicted octanol–water partition coefficient (Wildman–Crippen LogP) is -2.39. The van der Waals surface area contributed by atoms with E-state index in [1.807, 2.05) is 0 Å². The molecule has 0 atom stereocenters. The van der Waals surface area contributed by atoms with E-state index in [2.05, 4.69) is 7.05 Å². The van der Waals surface area contributed by atoms with Crippen LogP contribution in [0.1, 0.15) is 19.3 Å². The zero-order chi connectivity index (χ0) is 7.45. The Kier molecular flexibility index (Phi) is 5.06. The minimum absolute atomic E-state index is 0. The molecule has 0 aliphatic carbocycles. The van der Waals surface area contributed by atoms with E-state index in [4.69, 9.17) is 5.11 Å². The van der Waals surface area contributed by atoms with Crippen LogP contribution in [0.3, 0.4) is 0 Å². The summed E-state index contributed by atoms with van der Waals surface area (Å²) in [6.07, 6.45) is 4.08. The molecule has 1 rings (SSSR count). The second-order valence-electron chi connectivity index (χ2n) is 3.57. The molecule has 0 bridgehead atoms. The van der Waals surface area contributed by atoms with Crippen LogP contribution in [0.15, 0.2) is 0 Å². The van der Waals surface area contributed by atoms with Crippen molar-refractivity contribution in [2.24, 2.45) is 0 Å². The molecule has 3 heteroatoms. The number of likely N-dealkylation sites (tertiary alicyclic amines) is 1. The van der Waals surface area contributed by atoms with Crippen molar-refractivity contribution in [3.05, 3.63) is 0 Å². The molecule has 0 radical (unpaired) electrons. The third-order valence-electron chi connectivity index (χ3n) is 2.54. The fourth-order valence-corrected chi connectivity index (χ4v) is 1.74. The minimum atomic E-state index is 0. The van der Waals surface area contributed by atoms with Crippen molar-refractivity contribution in [2.75, 3.05) is 33.3 Å². The van der Waals surface area contributed by atoms with Crippen LogP contribution < -0.4 is 12.4 Å². The maximum absolute atomic E-state index is 8.77. The van der Waals surface area contributed by atoms with Crippen LogP contribution in [0.4, 0.5) is 0 Å². The highest BCUT2D eigenvalue weighted by Crippen LogP contribution is 2.14. The van der Waals surface area contributed by atoms with Gasteiger partial charge in [0.05, 0.1) is 26.7 Å². The topological polar surface area (TPSA) is 20.2 Å². The molecule has 0 spiro atoms. The Bertz CT molecular complexity index is 96.8. The van der Waals surface area contributed by atoms with Gasteiger partial charge in [-0.1, -0.05) is 0 Å². The van der Waals surface area contributed by atoms with Gasteiger partial charge < -0.3 is 22.0 Å². The number of aliphatic hydroxyl groups excluding tert-OH is 1. The summed E-state index contributed by atoms with van der Waals surface area (Å²) < 4.78 is 1.09. The molecule has 0 amide bonds. The van der Waals surface area contributed by atoms with Crippen LogP contribution in [0.25, 0.3) is 0 Å². The van der Waals surface area contributed by atoms with Gasteiger partial charge >= 0.3 is 0 Å². The Balaban J connectivity index is 0.000001000. The molecule has 0 unspecified atom stereocenters. The second kappa shape index (κ2) is 4.96. The van der Waals surface area contributed by atoms with Crippen LogP contribution in [0.2, 0.25) is 0 Å². The summed E-state index contributed by atoms with van der Waals surface area (Å²) in [5.74, 6) is 0. The Morgan fingerprint density at radius 2 is 1.73 bits per heavy atom. The quantitative estimate of drug-likeness (QED) is 0.470. The summed E-state index contributed by atoms with van der Waals surface area (Å²) in [5, 5.41) is 8.77. The smallest absolute Gasteiger partial charge is 0.102 e. The summed E-state index contributed by atoms with van der Waals surface area (Å²) in [6.45, 7) is 3.82. The van der Waals surface area contributed by atoms with E-state index in [-0.39, 0.29) is 12.4 Å². The maximum atomic E-state index is 8.77. The molecule has 1 fully saturated rings. The number of halogens is 1. The van der Waals surface area contributed by atoms with E-state index in [9.17, 15) is 0 Å². The zero-order valence-corrected chi connectivity index (χ0v) is 7.98. The number of nitrogens with zero attached hydrogens (tertiary/aromatic N) is 1. The second-order valence-corrected chi connectivity index (χ2v) is 3.57. The molecule has 0 aromatic rings. The standard InChI is InChI=1S/C8H18NO.ClH/c1-9(7-8-10)5-3-2-4-6-9;/h10H,2-8H2,1H3;1H/q+1;/p-1. The van der Waals surface area contributed by atoms with E-state index >= 15 is 0 Å². The van der Waals surface area contributed by atoms with Gasteiger partial charge in [-0.3, -0.25) is 0 Å². The largest absolute Gasteiger partial charge is 1.00 e. The lowest BCUT2D eigenvalue weighted by Crippen LogP contribution is -3.00. The van der Waals surface area contributed by atoms with Crippen molar-refractivity contribution in [1.82, 2.24) is 0 Å². The lowest BCUT2D eigenvalue weighted by molar-refractivity contribution is -0.914. The average Bonchev–Trinajstić information content (AvgIpc) is 1.89. The van der Waals surface area contributed by atoms with Crippen LogP contribution in [-0.4, -0.2) is 42.9 Å².